The highest BCUT2D eigenvalue weighted by molar-refractivity contribution is 7.90. The number of hydrogen-bond donors (Lipinski definition) is 1. The number of aromatic nitrogens is 1. The molecule has 0 spiro atoms. The van der Waals surface area contributed by atoms with Gasteiger partial charge in [-0.3, -0.25) is 14.7 Å². The second-order valence-corrected chi connectivity index (χ2v) is 11.3. The number of hydrogen-bond acceptors (Lipinski definition) is 5. The van der Waals surface area contributed by atoms with Crippen LogP contribution in [0.5, 0.6) is 0 Å². The number of pyridine rings is 1. The molecule has 0 saturated carbocycles. The van der Waals surface area contributed by atoms with E-state index in [9.17, 15) is 13.2 Å². The van der Waals surface area contributed by atoms with Gasteiger partial charge in [-0.1, -0.05) is 42.5 Å². The summed E-state index contributed by atoms with van der Waals surface area (Å²) in [6.07, 6.45) is 7.48. The number of carbonyl (C=O) groups excluding carboxylic acids is 1. The first-order chi connectivity index (χ1) is 16.9. The Morgan fingerprint density at radius 2 is 1.71 bits per heavy atom. The van der Waals surface area contributed by atoms with Crippen molar-refractivity contribution in [3.8, 4) is 0 Å². The number of nitrogens with zero attached hydrogens (tertiary/aromatic N) is 2. The smallest absolute Gasteiger partial charge is 0.251 e. The van der Waals surface area contributed by atoms with Crippen molar-refractivity contribution in [2.24, 2.45) is 0 Å². The van der Waals surface area contributed by atoms with Crippen molar-refractivity contribution in [2.45, 2.75) is 42.8 Å². The van der Waals surface area contributed by atoms with Crippen LogP contribution in [0.1, 0.15) is 40.7 Å². The average Bonchev–Trinajstić information content (AvgIpc) is 3.15. The Kier molecular flexibility index (Phi) is 6.54. The molecule has 0 aliphatic carbocycles. The summed E-state index contributed by atoms with van der Waals surface area (Å²) >= 11 is 0. The Hall–Kier alpha value is -3.29. The summed E-state index contributed by atoms with van der Waals surface area (Å²) in [5, 5.41) is 3.12. The van der Waals surface area contributed by atoms with Gasteiger partial charge in [-0.2, -0.15) is 0 Å². The van der Waals surface area contributed by atoms with Gasteiger partial charge in [0.05, 0.1) is 4.90 Å². The first kappa shape index (κ1) is 23.5. The third-order valence-electron chi connectivity index (χ3n) is 7.09. The highest BCUT2D eigenvalue weighted by Gasteiger charge is 2.41. The van der Waals surface area contributed by atoms with Gasteiger partial charge in [0, 0.05) is 49.4 Å². The topological polar surface area (TPSA) is 79.4 Å². The molecule has 0 unspecified atom stereocenters. The molecule has 0 radical (unpaired) electrons. The quantitative estimate of drug-likeness (QED) is 0.543. The largest absolute Gasteiger partial charge is 0.348 e. The van der Waals surface area contributed by atoms with Gasteiger partial charge < -0.3 is 5.32 Å². The van der Waals surface area contributed by atoms with Crippen LogP contribution in [-0.2, 0) is 16.4 Å². The fraction of sp³-hybridized carbons (Fsp3) is 0.286. The predicted molar refractivity (Wildman–Crippen MR) is 136 cm³/mol. The molecule has 2 aliphatic heterocycles. The SMILES string of the molecule is CS(=O)(=O)c1ccc(C2=C(CNC(=O)c3ccncc3)[C@H]3CC[C@@H](C2)N3Cc2ccccc2)cc1. The average molecular weight is 488 g/mol. The summed E-state index contributed by atoms with van der Waals surface area (Å²) < 4.78 is 23.9. The van der Waals surface area contributed by atoms with Gasteiger partial charge in [-0.05, 0) is 65.8 Å². The summed E-state index contributed by atoms with van der Waals surface area (Å²) in [6, 6.07) is 21.8. The number of rotatable bonds is 7. The highest BCUT2D eigenvalue weighted by Crippen LogP contribution is 2.43. The van der Waals surface area contributed by atoms with Gasteiger partial charge in [0.25, 0.3) is 5.91 Å². The molecular formula is C28H29N3O3S. The lowest BCUT2D eigenvalue weighted by atomic mass is 9.88. The van der Waals surface area contributed by atoms with Crippen LogP contribution < -0.4 is 5.32 Å². The van der Waals surface area contributed by atoms with Crippen LogP contribution in [0.15, 0.2) is 89.6 Å². The molecule has 7 heteroatoms. The second kappa shape index (κ2) is 9.76. The molecule has 2 bridgehead atoms. The standard InChI is InChI=1S/C28H29N3O3S/c1-35(33,34)24-10-7-21(8-11-24)25-17-23-9-12-27(31(23)19-20-5-3-2-4-6-20)26(25)18-30-28(32)22-13-15-29-16-14-22/h2-8,10-11,13-16,23,27H,9,12,17-19H2,1H3,(H,30,32)/t23-,27+/m0/s1. The van der Waals surface area contributed by atoms with E-state index in [0.717, 1.165) is 31.4 Å². The summed E-state index contributed by atoms with van der Waals surface area (Å²) in [5.41, 5.74) is 5.33. The maximum atomic E-state index is 12.8. The molecule has 180 valence electrons. The van der Waals surface area contributed by atoms with Gasteiger partial charge in [0.15, 0.2) is 9.84 Å². The highest BCUT2D eigenvalue weighted by atomic mass is 32.2. The second-order valence-electron chi connectivity index (χ2n) is 9.33. The number of fused-ring (bicyclic) bond motifs is 2. The third-order valence-corrected chi connectivity index (χ3v) is 8.22. The van der Waals surface area contributed by atoms with Gasteiger partial charge in [-0.15, -0.1) is 0 Å². The molecule has 1 fully saturated rings. The molecule has 2 atom stereocenters. The Morgan fingerprint density at radius 3 is 2.40 bits per heavy atom. The normalized spacial score (nSPS) is 20.1. The van der Waals surface area contributed by atoms with Crippen molar-refractivity contribution in [1.29, 1.82) is 0 Å². The Labute approximate surface area is 206 Å². The van der Waals surface area contributed by atoms with Crippen LogP contribution in [0.3, 0.4) is 0 Å². The Balaban J connectivity index is 1.47. The molecule has 1 N–H and O–H groups in total. The van der Waals surface area contributed by atoms with Crippen molar-refractivity contribution in [3.63, 3.8) is 0 Å². The van der Waals surface area contributed by atoms with E-state index in [1.165, 1.54) is 23.0 Å². The van der Waals surface area contributed by atoms with Crippen LogP contribution in [-0.4, -0.2) is 49.1 Å². The zero-order valence-corrected chi connectivity index (χ0v) is 20.5. The van der Waals surface area contributed by atoms with Gasteiger partial charge in [-0.25, -0.2) is 8.42 Å². The van der Waals surface area contributed by atoms with Crippen molar-refractivity contribution in [1.82, 2.24) is 15.2 Å². The molecule has 1 saturated heterocycles. The molecular weight excluding hydrogens is 458 g/mol. The lowest BCUT2D eigenvalue weighted by Gasteiger charge is -2.38. The fourth-order valence-corrected chi connectivity index (χ4v) is 5.97. The van der Waals surface area contributed by atoms with Gasteiger partial charge in [0.2, 0.25) is 0 Å². The zero-order valence-electron chi connectivity index (χ0n) is 19.7. The summed E-state index contributed by atoms with van der Waals surface area (Å²) in [5.74, 6) is -0.124. The van der Waals surface area contributed by atoms with Crippen LogP contribution in [0.2, 0.25) is 0 Å². The van der Waals surface area contributed by atoms with E-state index in [4.69, 9.17) is 0 Å². The first-order valence-electron chi connectivity index (χ1n) is 11.9. The lowest BCUT2D eigenvalue weighted by molar-refractivity contribution is 0.0954. The number of nitrogens with one attached hydrogen (secondary N) is 1. The van der Waals surface area contributed by atoms with Gasteiger partial charge in [0.1, 0.15) is 0 Å². The number of amides is 1. The van der Waals surface area contributed by atoms with E-state index in [-0.39, 0.29) is 11.9 Å². The minimum atomic E-state index is -3.25. The summed E-state index contributed by atoms with van der Waals surface area (Å²) in [7, 11) is -3.25. The van der Waals surface area contributed by atoms with Crippen molar-refractivity contribution in [3.05, 3.63) is 101 Å². The minimum absolute atomic E-state index is 0.124. The Bertz CT molecular complexity index is 1340. The molecule has 5 rings (SSSR count). The van der Waals surface area contributed by atoms with Crippen molar-refractivity contribution < 1.29 is 13.2 Å². The van der Waals surface area contributed by atoms with E-state index in [1.54, 1.807) is 36.7 Å². The maximum absolute atomic E-state index is 12.8. The molecule has 1 aromatic heterocycles. The maximum Gasteiger partial charge on any atom is 0.251 e. The van der Waals surface area contributed by atoms with E-state index >= 15 is 0 Å². The van der Waals surface area contributed by atoms with Crippen LogP contribution in [0.25, 0.3) is 5.57 Å². The molecule has 2 aliphatic rings. The predicted octanol–water partition coefficient (Wildman–Crippen LogP) is 4.11. The number of carbonyl (C=O) groups is 1. The van der Waals surface area contributed by atoms with E-state index in [0.29, 0.717) is 23.0 Å². The molecule has 3 aromatic rings. The molecule has 35 heavy (non-hydrogen) atoms. The zero-order chi connectivity index (χ0) is 24.4. The van der Waals surface area contributed by atoms with Crippen molar-refractivity contribution in [2.75, 3.05) is 12.8 Å². The fourth-order valence-electron chi connectivity index (χ4n) is 5.34. The van der Waals surface area contributed by atoms with Crippen LogP contribution in [0.4, 0.5) is 0 Å². The summed E-state index contributed by atoms with van der Waals surface area (Å²) in [6.45, 7) is 1.32. The van der Waals surface area contributed by atoms with E-state index < -0.39 is 9.84 Å². The third kappa shape index (κ3) is 5.06. The first-order valence-corrected chi connectivity index (χ1v) is 13.8. The molecule has 3 heterocycles. The molecule has 1 amide bonds. The van der Waals surface area contributed by atoms with Gasteiger partial charge >= 0.3 is 0 Å². The van der Waals surface area contributed by atoms with E-state index in [1.807, 2.05) is 18.2 Å². The van der Waals surface area contributed by atoms with Crippen molar-refractivity contribution >= 4 is 21.3 Å². The monoisotopic (exact) mass is 487 g/mol. The Morgan fingerprint density at radius 1 is 1.00 bits per heavy atom. The lowest BCUT2D eigenvalue weighted by Crippen LogP contribution is -2.43. The molecule has 2 aromatic carbocycles. The number of benzene rings is 2. The summed E-state index contributed by atoms with van der Waals surface area (Å²) in [4.78, 5) is 19.7. The minimum Gasteiger partial charge on any atom is -0.348 e. The number of sulfone groups is 1. The molecule has 6 nitrogen and oxygen atoms in total. The van der Waals surface area contributed by atoms with Crippen LogP contribution in [0, 0.1) is 0 Å². The van der Waals surface area contributed by atoms with E-state index in [2.05, 4.69) is 39.5 Å². The van der Waals surface area contributed by atoms with Crippen LogP contribution >= 0.6 is 0 Å².